The fraction of sp³-hybridized carbons (Fsp3) is 0.452. The van der Waals surface area contributed by atoms with Crippen molar-refractivity contribution in [1.29, 1.82) is 0 Å². The van der Waals surface area contributed by atoms with Crippen LogP contribution in [-0.2, 0) is 6.54 Å². The van der Waals surface area contributed by atoms with Crippen LogP contribution >= 0.6 is 24.2 Å². The number of halogens is 1. The number of aromatic nitrogens is 2. The average molecular weight is 614 g/mol. The van der Waals surface area contributed by atoms with Crippen LogP contribution in [-0.4, -0.2) is 54.6 Å². The first-order chi connectivity index (χ1) is 19.6. The molecule has 1 saturated heterocycles. The van der Waals surface area contributed by atoms with Crippen molar-refractivity contribution in [2.75, 3.05) is 37.8 Å². The van der Waals surface area contributed by atoms with Crippen molar-refractivity contribution >= 4 is 35.9 Å². The van der Waals surface area contributed by atoms with Gasteiger partial charge in [-0.3, -0.25) is 9.59 Å². The summed E-state index contributed by atoms with van der Waals surface area (Å²) in [7, 11) is 2.00. The number of piperidine rings is 1. The van der Waals surface area contributed by atoms with Gasteiger partial charge in [-0.05, 0) is 77.2 Å². The summed E-state index contributed by atoms with van der Waals surface area (Å²) >= 11 is 1.49. The van der Waals surface area contributed by atoms with Gasteiger partial charge in [-0.25, -0.2) is 4.98 Å². The molecule has 0 radical (unpaired) electrons. The van der Waals surface area contributed by atoms with E-state index in [9.17, 15) is 9.59 Å². The van der Waals surface area contributed by atoms with E-state index in [2.05, 4.69) is 32.4 Å². The second-order valence-corrected chi connectivity index (χ2v) is 11.8. The third kappa shape index (κ3) is 6.11. The lowest BCUT2D eigenvalue weighted by molar-refractivity contribution is -0.117. The Hall–Kier alpha value is -3.21. The van der Waals surface area contributed by atoms with E-state index in [1.807, 2.05) is 64.5 Å². The average Bonchev–Trinajstić information content (AvgIpc) is 3.35. The number of rotatable bonds is 8. The van der Waals surface area contributed by atoms with Crippen LogP contribution in [0.3, 0.4) is 0 Å². The quantitative estimate of drug-likeness (QED) is 0.302. The number of H-pyrrole nitrogens is 1. The van der Waals surface area contributed by atoms with Gasteiger partial charge in [-0.1, -0.05) is 0 Å². The van der Waals surface area contributed by atoms with E-state index in [0.717, 1.165) is 60.0 Å². The predicted molar refractivity (Wildman–Crippen MR) is 171 cm³/mol. The van der Waals surface area contributed by atoms with Gasteiger partial charge in [0.15, 0.2) is 11.5 Å². The largest absolute Gasteiger partial charge is 0.448 e. The second-order valence-electron chi connectivity index (χ2n) is 10.9. The number of benzene rings is 1. The fourth-order valence-corrected chi connectivity index (χ4v) is 6.29. The van der Waals surface area contributed by atoms with Crippen molar-refractivity contribution in [2.24, 2.45) is 5.92 Å². The number of ether oxygens (including phenoxy) is 2. The molecule has 1 unspecified atom stereocenters. The number of anilines is 1. The molecule has 226 valence electrons. The van der Waals surface area contributed by atoms with Gasteiger partial charge in [0.2, 0.25) is 0 Å². The Balaban J connectivity index is 0.00000405. The molecule has 1 fully saturated rings. The number of aryl methyl sites for hydroxylation is 1. The Morgan fingerprint density at radius 3 is 2.55 bits per heavy atom. The van der Waals surface area contributed by atoms with E-state index >= 15 is 0 Å². The third-order valence-corrected chi connectivity index (χ3v) is 9.02. The third-order valence-electron chi connectivity index (χ3n) is 8.22. The Bertz CT molecular complexity index is 1510. The van der Waals surface area contributed by atoms with Crippen LogP contribution in [0.5, 0.6) is 11.5 Å². The maximum atomic E-state index is 13.7. The molecule has 9 nitrogen and oxygen atoms in total. The predicted octanol–water partition coefficient (Wildman–Crippen LogP) is 5.07. The smallest absolute Gasteiger partial charge is 0.254 e. The van der Waals surface area contributed by atoms with Crippen LogP contribution < -0.4 is 30.6 Å². The first kappa shape index (κ1) is 31.7. The lowest BCUT2D eigenvalue weighted by Gasteiger charge is -2.35. The molecule has 0 saturated carbocycles. The summed E-state index contributed by atoms with van der Waals surface area (Å²) in [6.07, 6.45) is 5.61. The van der Waals surface area contributed by atoms with Crippen LogP contribution in [0.15, 0.2) is 40.2 Å². The summed E-state index contributed by atoms with van der Waals surface area (Å²) in [6, 6.07) is 7.75. The summed E-state index contributed by atoms with van der Waals surface area (Å²) in [5.74, 6) is 1.17. The monoisotopic (exact) mass is 613 g/mol. The number of amides is 1. The summed E-state index contributed by atoms with van der Waals surface area (Å²) in [4.78, 5) is 36.8. The molecule has 0 bridgehead atoms. The van der Waals surface area contributed by atoms with Gasteiger partial charge in [0.25, 0.3) is 17.3 Å². The number of nitrogens with one attached hydrogen (secondary N) is 3. The van der Waals surface area contributed by atoms with Gasteiger partial charge >= 0.3 is 0 Å². The van der Waals surface area contributed by atoms with Gasteiger partial charge < -0.3 is 30.0 Å². The van der Waals surface area contributed by atoms with Gasteiger partial charge in [0.05, 0.1) is 0 Å². The molecule has 4 heterocycles. The molecule has 2 aliphatic rings. The molecule has 1 atom stereocenters. The first-order valence-corrected chi connectivity index (χ1v) is 15.4. The van der Waals surface area contributed by atoms with Crippen LogP contribution in [0.4, 0.5) is 5.82 Å². The van der Waals surface area contributed by atoms with Crippen molar-refractivity contribution in [2.45, 2.75) is 57.8 Å². The van der Waals surface area contributed by atoms with Gasteiger partial charge in [-0.2, -0.15) is 0 Å². The van der Waals surface area contributed by atoms with Gasteiger partial charge in [0.1, 0.15) is 5.82 Å². The molecule has 0 aliphatic carbocycles. The summed E-state index contributed by atoms with van der Waals surface area (Å²) in [5, 5.41) is 6.39. The number of thioether (sulfide) groups is 1. The highest BCUT2D eigenvalue weighted by atomic mass is 35.5. The topological polar surface area (TPSA) is 109 Å². The van der Waals surface area contributed by atoms with E-state index in [4.69, 9.17) is 9.47 Å². The molecule has 2 aromatic heterocycles. The molecule has 3 N–H and O–H groups in total. The van der Waals surface area contributed by atoms with Crippen molar-refractivity contribution in [3.05, 3.63) is 63.2 Å². The fourth-order valence-electron chi connectivity index (χ4n) is 5.58. The maximum Gasteiger partial charge on any atom is 0.254 e. The first-order valence-electron chi connectivity index (χ1n) is 14.1. The van der Waals surface area contributed by atoms with Crippen LogP contribution in [0.25, 0.3) is 11.1 Å². The molecule has 11 heteroatoms. The Morgan fingerprint density at radius 1 is 1.19 bits per heavy atom. The van der Waals surface area contributed by atoms with E-state index in [1.165, 1.54) is 11.8 Å². The van der Waals surface area contributed by atoms with E-state index in [0.29, 0.717) is 28.2 Å². The Kier molecular flexibility index (Phi) is 9.80. The standard InChI is InChI=1S/C31H39N5O4S.ClH/c1-7-36(5)26-9-8-20(16-33-26)23-15-22(29(37)34-17-24-25(41-6)14-18(2)35-30(24)38)19(3)27-28(23)40-31(4,39-27)21-10-12-32-13-11-21;/h8-9,14-16,21,32H,7,10-13,17H2,1-6H3,(H,34,37)(H,35,38);1H. The van der Waals surface area contributed by atoms with Crippen LogP contribution in [0.1, 0.15) is 53.9 Å². The lowest BCUT2D eigenvalue weighted by atomic mass is 9.90. The van der Waals surface area contributed by atoms with E-state index < -0.39 is 5.79 Å². The highest BCUT2D eigenvalue weighted by molar-refractivity contribution is 7.98. The molecular weight excluding hydrogens is 574 g/mol. The number of pyridine rings is 2. The number of carbonyl (C=O) groups is 1. The number of hydrogen-bond acceptors (Lipinski definition) is 8. The normalized spacial score (nSPS) is 18.0. The minimum absolute atomic E-state index is 0. The summed E-state index contributed by atoms with van der Waals surface area (Å²) in [6.45, 7) is 10.6. The summed E-state index contributed by atoms with van der Waals surface area (Å²) < 4.78 is 13.3. The number of nitrogens with zero attached hydrogens (tertiary/aromatic N) is 2. The van der Waals surface area contributed by atoms with Gasteiger partial charge in [-0.15, -0.1) is 24.2 Å². The molecule has 42 heavy (non-hydrogen) atoms. The lowest BCUT2D eigenvalue weighted by Crippen LogP contribution is -2.47. The number of hydrogen-bond donors (Lipinski definition) is 3. The highest BCUT2D eigenvalue weighted by Gasteiger charge is 2.46. The second kappa shape index (κ2) is 13.0. The molecule has 1 aromatic carbocycles. The molecular formula is C31H40ClN5O4S. The molecule has 1 amide bonds. The zero-order chi connectivity index (χ0) is 29.3. The highest BCUT2D eigenvalue weighted by Crippen LogP contribution is 2.52. The minimum Gasteiger partial charge on any atom is -0.448 e. The van der Waals surface area contributed by atoms with E-state index in [-0.39, 0.29) is 36.3 Å². The Labute approximate surface area is 257 Å². The van der Waals surface area contributed by atoms with Crippen molar-refractivity contribution in [1.82, 2.24) is 20.6 Å². The SMILES string of the molecule is CCN(C)c1ccc(-c2cc(C(=O)NCc3c(SC)cc(C)[nH]c3=O)c(C)c3c2OC(C)(C2CCNCC2)O3)cn1.Cl. The number of aromatic amines is 1. The number of carbonyl (C=O) groups excluding carboxylic acids is 1. The number of fused-ring (bicyclic) bond motifs is 1. The molecule has 3 aromatic rings. The van der Waals surface area contributed by atoms with Crippen molar-refractivity contribution in [3.63, 3.8) is 0 Å². The molecule has 0 spiro atoms. The van der Waals surface area contributed by atoms with Crippen LogP contribution in [0, 0.1) is 19.8 Å². The van der Waals surface area contributed by atoms with E-state index in [1.54, 1.807) is 0 Å². The van der Waals surface area contributed by atoms with Crippen molar-refractivity contribution < 1.29 is 14.3 Å². The zero-order valence-corrected chi connectivity index (χ0v) is 26.7. The summed E-state index contributed by atoms with van der Waals surface area (Å²) in [5.41, 5.74) is 3.89. The van der Waals surface area contributed by atoms with Gasteiger partial charge in [0, 0.05) is 77.6 Å². The maximum absolute atomic E-state index is 13.7. The zero-order valence-electron chi connectivity index (χ0n) is 25.1. The molecule has 5 rings (SSSR count). The minimum atomic E-state index is -0.836. The Morgan fingerprint density at radius 2 is 1.90 bits per heavy atom. The molecule has 2 aliphatic heterocycles. The van der Waals surface area contributed by atoms with Crippen LogP contribution in [0.2, 0.25) is 0 Å². The van der Waals surface area contributed by atoms with Crippen molar-refractivity contribution in [3.8, 4) is 22.6 Å².